The fraction of sp³-hybridized carbons (Fsp3) is 0.111. The number of carboxylic acids is 2. The first-order valence-corrected chi connectivity index (χ1v) is 7.31. The summed E-state index contributed by atoms with van der Waals surface area (Å²) in [6.07, 6.45) is 0. The zero-order valence-corrected chi connectivity index (χ0v) is 13.0. The van der Waals surface area contributed by atoms with Crippen molar-refractivity contribution in [2.45, 2.75) is 0 Å². The molecule has 3 aromatic carbocycles. The van der Waals surface area contributed by atoms with Crippen LogP contribution in [0.4, 0.5) is 0 Å². The number of carboxylic acid groups (broad SMARTS) is 2. The van der Waals surface area contributed by atoms with Gasteiger partial charge in [-0.05, 0) is 23.6 Å². The summed E-state index contributed by atoms with van der Waals surface area (Å²) >= 11 is 0. The number of fused-ring (bicyclic) bond motifs is 5. The second-order valence-corrected chi connectivity index (χ2v) is 5.46. The minimum atomic E-state index is -1.52. The summed E-state index contributed by atoms with van der Waals surface area (Å²) in [7, 11) is 1.46. The van der Waals surface area contributed by atoms with E-state index in [2.05, 4.69) is 0 Å². The maximum absolute atomic E-state index is 11.7. The smallest absolute Gasteiger partial charge is 0.231 e. The molecule has 0 fully saturated rings. The molecule has 25 heavy (non-hydrogen) atoms. The molecule has 0 radical (unpaired) electrons. The van der Waals surface area contributed by atoms with Gasteiger partial charge in [0.25, 0.3) is 0 Å². The van der Waals surface area contributed by atoms with Crippen molar-refractivity contribution in [1.82, 2.24) is 0 Å². The highest BCUT2D eigenvalue weighted by molar-refractivity contribution is 6.23. The van der Waals surface area contributed by atoms with E-state index in [1.54, 1.807) is 18.2 Å². The molecule has 0 spiro atoms. The van der Waals surface area contributed by atoms with Crippen molar-refractivity contribution < 1.29 is 34.0 Å². The predicted octanol–water partition coefficient (Wildman–Crippen LogP) is 0.457. The normalized spacial score (nSPS) is 12.5. The van der Waals surface area contributed by atoms with E-state index >= 15 is 0 Å². The van der Waals surface area contributed by atoms with Crippen LogP contribution in [0.5, 0.6) is 17.2 Å². The molecule has 0 bridgehead atoms. The standard InChI is InChI=1S/C18H12O7/c1-23-12-4-2-3-8-9(12)5-10(17(19)20)14-11(18(21)22)6-13-16(15(8)14)25-7-24-13/h2-6H,7H2,1H3,(H,19,20)(H,21,22)/p-2. The van der Waals surface area contributed by atoms with Crippen LogP contribution in [0, 0.1) is 0 Å². The first kappa shape index (κ1) is 15.1. The molecule has 0 amide bonds. The summed E-state index contributed by atoms with van der Waals surface area (Å²) in [5.41, 5.74) is -0.590. The Balaban J connectivity index is 2.34. The van der Waals surface area contributed by atoms with Crippen molar-refractivity contribution in [1.29, 1.82) is 0 Å². The van der Waals surface area contributed by atoms with Crippen molar-refractivity contribution in [3.05, 3.63) is 41.5 Å². The van der Waals surface area contributed by atoms with E-state index in [9.17, 15) is 19.8 Å². The van der Waals surface area contributed by atoms with Gasteiger partial charge < -0.3 is 34.0 Å². The van der Waals surface area contributed by atoms with Gasteiger partial charge in [-0.15, -0.1) is 0 Å². The van der Waals surface area contributed by atoms with Crippen molar-refractivity contribution in [3.63, 3.8) is 0 Å². The highest BCUT2D eigenvalue weighted by Gasteiger charge is 2.25. The monoisotopic (exact) mass is 338 g/mol. The average molecular weight is 338 g/mol. The second kappa shape index (κ2) is 5.27. The van der Waals surface area contributed by atoms with E-state index in [1.807, 2.05) is 0 Å². The third-order valence-corrected chi connectivity index (χ3v) is 4.22. The molecular weight excluding hydrogens is 328 g/mol. The molecule has 0 aromatic heterocycles. The van der Waals surface area contributed by atoms with Crippen LogP contribution in [-0.4, -0.2) is 25.8 Å². The van der Waals surface area contributed by atoms with E-state index < -0.39 is 11.9 Å². The van der Waals surface area contributed by atoms with E-state index in [0.717, 1.165) is 0 Å². The number of rotatable bonds is 3. The lowest BCUT2D eigenvalue weighted by Crippen LogP contribution is -2.26. The molecule has 7 heteroatoms. The molecule has 1 aliphatic rings. The number of methoxy groups -OCH3 is 1. The highest BCUT2D eigenvalue weighted by Crippen LogP contribution is 2.46. The molecule has 0 saturated heterocycles. The van der Waals surface area contributed by atoms with Gasteiger partial charge in [-0.2, -0.15) is 0 Å². The van der Waals surface area contributed by atoms with Crippen LogP contribution in [0.1, 0.15) is 20.7 Å². The van der Waals surface area contributed by atoms with Gasteiger partial charge in [-0.1, -0.05) is 12.1 Å². The molecule has 1 aliphatic heterocycles. The number of aromatic carboxylic acids is 2. The fourth-order valence-corrected chi connectivity index (χ4v) is 3.21. The van der Waals surface area contributed by atoms with E-state index in [4.69, 9.17) is 14.2 Å². The topological polar surface area (TPSA) is 108 Å². The molecule has 0 N–H and O–H groups in total. The van der Waals surface area contributed by atoms with E-state index in [0.29, 0.717) is 21.9 Å². The Morgan fingerprint density at radius 1 is 1.00 bits per heavy atom. The number of benzene rings is 3. The van der Waals surface area contributed by atoms with Gasteiger partial charge in [0.05, 0.1) is 19.0 Å². The maximum Gasteiger partial charge on any atom is 0.231 e. The van der Waals surface area contributed by atoms with Gasteiger partial charge in [-0.25, -0.2) is 0 Å². The molecule has 0 saturated carbocycles. The predicted molar refractivity (Wildman–Crippen MR) is 82.8 cm³/mol. The average Bonchev–Trinajstić information content (AvgIpc) is 3.07. The number of ether oxygens (including phenoxy) is 3. The van der Waals surface area contributed by atoms with Gasteiger partial charge in [0, 0.05) is 27.3 Å². The van der Waals surface area contributed by atoms with Gasteiger partial charge in [0.15, 0.2) is 11.5 Å². The Morgan fingerprint density at radius 2 is 1.72 bits per heavy atom. The Morgan fingerprint density at radius 3 is 2.40 bits per heavy atom. The first-order chi connectivity index (χ1) is 12.0. The molecule has 4 rings (SSSR count). The van der Waals surface area contributed by atoms with Crippen LogP contribution >= 0.6 is 0 Å². The van der Waals surface area contributed by atoms with Crippen LogP contribution in [0.25, 0.3) is 21.5 Å². The molecule has 0 aliphatic carbocycles. The Bertz CT molecular complexity index is 1070. The Hall–Kier alpha value is -3.48. The van der Waals surface area contributed by atoms with Crippen LogP contribution in [0.3, 0.4) is 0 Å². The van der Waals surface area contributed by atoms with Crippen LogP contribution in [-0.2, 0) is 0 Å². The zero-order valence-electron chi connectivity index (χ0n) is 13.0. The lowest BCUT2D eigenvalue weighted by atomic mass is 9.92. The lowest BCUT2D eigenvalue weighted by molar-refractivity contribution is -0.255. The zero-order chi connectivity index (χ0) is 17.7. The van der Waals surface area contributed by atoms with Crippen molar-refractivity contribution >= 4 is 33.5 Å². The number of hydrogen-bond acceptors (Lipinski definition) is 7. The summed E-state index contributed by atoms with van der Waals surface area (Å²) in [4.78, 5) is 23.3. The number of carbonyl (C=O) groups excluding carboxylic acids is 2. The van der Waals surface area contributed by atoms with Crippen LogP contribution in [0.2, 0.25) is 0 Å². The van der Waals surface area contributed by atoms with Gasteiger partial charge >= 0.3 is 0 Å². The van der Waals surface area contributed by atoms with Gasteiger partial charge in [-0.3, -0.25) is 0 Å². The number of hydrogen-bond donors (Lipinski definition) is 0. The molecule has 7 nitrogen and oxygen atoms in total. The van der Waals surface area contributed by atoms with E-state index in [-0.39, 0.29) is 34.8 Å². The van der Waals surface area contributed by atoms with Crippen molar-refractivity contribution in [2.24, 2.45) is 0 Å². The van der Waals surface area contributed by atoms with Gasteiger partial charge in [0.2, 0.25) is 6.79 Å². The third kappa shape index (κ3) is 2.06. The fourth-order valence-electron chi connectivity index (χ4n) is 3.21. The van der Waals surface area contributed by atoms with E-state index in [1.165, 1.54) is 19.2 Å². The molecule has 0 atom stereocenters. The van der Waals surface area contributed by atoms with Crippen LogP contribution < -0.4 is 24.4 Å². The summed E-state index contributed by atoms with van der Waals surface area (Å²) < 4.78 is 16.1. The SMILES string of the molecule is COc1cccc2c1cc(C(=O)[O-])c1c(C(=O)[O-])cc3c(c12)OCO3. The lowest BCUT2D eigenvalue weighted by Gasteiger charge is -2.18. The minimum absolute atomic E-state index is 0.0231. The molecular formula is C18H10O7-2. The minimum Gasteiger partial charge on any atom is -0.545 e. The molecule has 3 aromatic rings. The second-order valence-electron chi connectivity index (χ2n) is 5.46. The summed E-state index contributed by atoms with van der Waals surface area (Å²) in [5.74, 6) is -2.10. The van der Waals surface area contributed by atoms with Crippen molar-refractivity contribution in [3.8, 4) is 17.2 Å². The molecule has 126 valence electrons. The van der Waals surface area contributed by atoms with Crippen LogP contribution in [0.15, 0.2) is 30.3 Å². The van der Waals surface area contributed by atoms with Crippen molar-refractivity contribution in [2.75, 3.05) is 13.9 Å². The molecule has 1 heterocycles. The summed E-state index contributed by atoms with van der Waals surface area (Å²) in [5, 5.41) is 24.7. The largest absolute Gasteiger partial charge is 0.545 e. The Kier molecular flexibility index (Phi) is 3.18. The quantitative estimate of drug-likeness (QED) is 0.638. The number of carbonyl (C=O) groups is 2. The summed E-state index contributed by atoms with van der Waals surface area (Å²) in [6, 6.07) is 7.65. The summed E-state index contributed by atoms with van der Waals surface area (Å²) in [6.45, 7) is -0.0953. The van der Waals surface area contributed by atoms with Gasteiger partial charge in [0.1, 0.15) is 5.75 Å². The maximum atomic E-state index is 11.7. The molecule has 0 unspecified atom stereocenters. The highest BCUT2D eigenvalue weighted by atomic mass is 16.7. The first-order valence-electron chi connectivity index (χ1n) is 7.31. The Labute approximate surface area is 141 Å². The third-order valence-electron chi connectivity index (χ3n) is 4.22.